The zero-order chi connectivity index (χ0) is 14.5. The van der Waals surface area contributed by atoms with Crippen molar-refractivity contribution in [2.24, 2.45) is 0 Å². The average molecular weight is 292 g/mol. The van der Waals surface area contributed by atoms with Gasteiger partial charge in [-0.05, 0) is 5.56 Å². The van der Waals surface area contributed by atoms with Gasteiger partial charge in [0.1, 0.15) is 0 Å². The quantitative estimate of drug-likeness (QED) is 0.770. The lowest BCUT2D eigenvalue weighted by molar-refractivity contribution is 0.115. The summed E-state index contributed by atoms with van der Waals surface area (Å²) in [5.74, 6) is 0. The fourth-order valence-corrected chi connectivity index (χ4v) is 2.88. The van der Waals surface area contributed by atoms with Crippen LogP contribution in [-0.4, -0.2) is 43.6 Å². The number of rotatable bonds is 7. The minimum atomic E-state index is -3.86. The molecule has 108 valence electrons. The second-order valence-electron chi connectivity index (χ2n) is 4.09. The molecule has 0 heterocycles. The van der Waals surface area contributed by atoms with Gasteiger partial charge < -0.3 is 0 Å². The Bertz CT molecular complexity index is 480. The highest BCUT2D eigenvalue weighted by atomic mass is 32.2. The largest absolute Gasteiger partial charge is 0.282 e. The second kappa shape index (κ2) is 6.93. The second-order valence-corrected chi connectivity index (χ2v) is 6.13. The van der Waals surface area contributed by atoms with Crippen LogP contribution in [0.4, 0.5) is 8.78 Å². The van der Waals surface area contributed by atoms with E-state index in [0.717, 1.165) is 8.61 Å². The molecule has 0 amide bonds. The lowest BCUT2D eigenvalue weighted by Gasteiger charge is -2.26. The van der Waals surface area contributed by atoms with Gasteiger partial charge in [-0.1, -0.05) is 37.3 Å². The van der Waals surface area contributed by atoms with Crippen LogP contribution in [0.3, 0.4) is 0 Å². The molecule has 1 aromatic rings. The van der Waals surface area contributed by atoms with Crippen molar-refractivity contribution in [2.45, 2.75) is 19.9 Å². The van der Waals surface area contributed by atoms with Gasteiger partial charge in [0.05, 0.1) is 6.54 Å². The number of hydrogen-bond donors (Lipinski definition) is 0. The SMILES string of the molecule is CCN(C)S(=O)(=O)N(Cc1ccccc1)CC(F)F. The molecule has 4 nitrogen and oxygen atoms in total. The standard InChI is InChI=1S/C12H18F2N2O2S/c1-3-15(2)19(17,18)16(10-12(13)14)9-11-7-5-4-6-8-11/h4-8,12H,3,9-10H2,1-2H3. The van der Waals surface area contributed by atoms with Crippen LogP contribution in [0, 0.1) is 0 Å². The van der Waals surface area contributed by atoms with Gasteiger partial charge in [0.15, 0.2) is 0 Å². The van der Waals surface area contributed by atoms with Crippen molar-refractivity contribution in [2.75, 3.05) is 20.1 Å². The number of hydrogen-bond acceptors (Lipinski definition) is 2. The van der Waals surface area contributed by atoms with Crippen molar-refractivity contribution >= 4 is 10.2 Å². The van der Waals surface area contributed by atoms with Crippen molar-refractivity contribution in [1.29, 1.82) is 0 Å². The number of alkyl halides is 2. The Morgan fingerprint density at radius 3 is 2.26 bits per heavy atom. The summed E-state index contributed by atoms with van der Waals surface area (Å²) in [5, 5.41) is 0. The molecular weight excluding hydrogens is 274 g/mol. The van der Waals surface area contributed by atoms with Crippen molar-refractivity contribution in [3.05, 3.63) is 35.9 Å². The molecule has 0 spiro atoms. The third-order valence-corrected chi connectivity index (χ3v) is 4.69. The summed E-state index contributed by atoms with van der Waals surface area (Å²) in [6.45, 7) is 1.02. The third kappa shape index (κ3) is 4.52. The normalized spacial score (nSPS) is 12.6. The lowest BCUT2D eigenvalue weighted by atomic mass is 10.2. The molecule has 0 fully saturated rings. The van der Waals surface area contributed by atoms with Gasteiger partial charge in [0, 0.05) is 20.1 Å². The first kappa shape index (κ1) is 16.0. The van der Waals surface area contributed by atoms with Crippen LogP contribution in [0.2, 0.25) is 0 Å². The third-order valence-electron chi connectivity index (χ3n) is 2.71. The first-order chi connectivity index (χ1) is 8.87. The lowest BCUT2D eigenvalue weighted by Crippen LogP contribution is -2.43. The van der Waals surface area contributed by atoms with Crippen LogP contribution in [-0.2, 0) is 16.8 Å². The zero-order valence-corrected chi connectivity index (χ0v) is 11.8. The minimum absolute atomic E-state index is 0.0577. The molecule has 7 heteroatoms. The maximum Gasteiger partial charge on any atom is 0.282 e. The van der Waals surface area contributed by atoms with E-state index in [0.29, 0.717) is 5.56 Å². The van der Waals surface area contributed by atoms with E-state index in [4.69, 9.17) is 0 Å². The van der Waals surface area contributed by atoms with E-state index in [-0.39, 0.29) is 13.1 Å². The van der Waals surface area contributed by atoms with Gasteiger partial charge in [0.2, 0.25) is 0 Å². The van der Waals surface area contributed by atoms with Crippen molar-refractivity contribution < 1.29 is 17.2 Å². The Hall–Kier alpha value is -1.05. The van der Waals surface area contributed by atoms with Crippen LogP contribution >= 0.6 is 0 Å². The van der Waals surface area contributed by atoms with Crippen LogP contribution < -0.4 is 0 Å². The van der Waals surface area contributed by atoms with E-state index in [1.807, 2.05) is 0 Å². The molecule has 1 rings (SSSR count). The van der Waals surface area contributed by atoms with Gasteiger partial charge in [-0.3, -0.25) is 0 Å². The van der Waals surface area contributed by atoms with Gasteiger partial charge >= 0.3 is 0 Å². The van der Waals surface area contributed by atoms with E-state index in [1.165, 1.54) is 7.05 Å². The highest BCUT2D eigenvalue weighted by Gasteiger charge is 2.28. The summed E-state index contributed by atoms with van der Waals surface area (Å²) in [5.41, 5.74) is 0.677. The molecule has 0 unspecified atom stereocenters. The molecule has 0 saturated carbocycles. The summed E-state index contributed by atoms with van der Waals surface area (Å²) in [4.78, 5) is 0. The van der Waals surface area contributed by atoms with Gasteiger partial charge in [-0.25, -0.2) is 8.78 Å². The maximum absolute atomic E-state index is 12.6. The summed E-state index contributed by atoms with van der Waals surface area (Å²) in [7, 11) is -2.48. The summed E-state index contributed by atoms with van der Waals surface area (Å²) < 4.78 is 51.2. The van der Waals surface area contributed by atoms with Crippen LogP contribution in [0.1, 0.15) is 12.5 Å². The van der Waals surface area contributed by atoms with Gasteiger partial charge in [-0.2, -0.15) is 17.0 Å². The monoisotopic (exact) mass is 292 g/mol. The highest BCUT2D eigenvalue weighted by molar-refractivity contribution is 7.86. The van der Waals surface area contributed by atoms with Crippen LogP contribution in [0.15, 0.2) is 30.3 Å². The predicted octanol–water partition coefficient (Wildman–Crippen LogP) is 1.95. The average Bonchev–Trinajstić information content (AvgIpc) is 2.37. The Kier molecular flexibility index (Phi) is 5.84. The molecule has 0 bridgehead atoms. The molecule has 0 atom stereocenters. The fourth-order valence-electron chi connectivity index (χ4n) is 1.54. The molecule has 0 aliphatic heterocycles. The molecule has 0 N–H and O–H groups in total. The maximum atomic E-state index is 12.6. The molecule has 1 aromatic carbocycles. The number of halogens is 2. The predicted molar refractivity (Wildman–Crippen MR) is 70.1 cm³/mol. The van der Waals surface area contributed by atoms with Gasteiger partial charge in [0.25, 0.3) is 16.6 Å². The Labute approximate surface area is 112 Å². The van der Waals surface area contributed by atoms with Gasteiger partial charge in [-0.15, -0.1) is 0 Å². The van der Waals surface area contributed by atoms with Crippen molar-refractivity contribution in [3.63, 3.8) is 0 Å². The van der Waals surface area contributed by atoms with E-state index in [9.17, 15) is 17.2 Å². The van der Waals surface area contributed by atoms with Crippen molar-refractivity contribution in [1.82, 2.24) is 8.61 Å². The van der Waals surface area contributed by atoms with E-state index in [2.05, 4.69) is 0 Å². The Balaban J connectivity index is 2.95. The molecule has 19 heavy (non-hydrogen) atoms. The van der Waals surface area contributed by atoms with Crippen molar-refractivity contribution in [3.8, 4) is 0 Å². The van der Waals surface area contributed by atoms with Crippen LogP contribution in [0.5, 0.6) is 0 Å². The molecular formula is C12H18F2N2O2S. The zero-order valence-electron chi connectivity index (χ0n) is 11.0. The summed E-state index contributed by atoms with van der Waals surface area (Å²) in [6.07, 6.45) is -2.70. The highest BCUT2D eigenvalue weighted by Crippen LogP contribution is 2.14. The minimum Gasteiger partial charge on any atom is -0.209 e. The molecule has 0 saturated heterocycles. The van der Waals surface area contributed by atoms with E-state index >= 15 is 0 Å². The smallest absolute Gasteiger partial charge is 0.209 e. The molecule has 0 aliphatic rings. The molecule has 0 aliphatic carbocycles. The van der Waals surface area contributed by atoms with E-state index in [1.54, 1.807) is 37.3 Å². The summed E-state index contributed by atoms with van der Waals surface area (Å²) in [6, 6.07) is 8.69. The Morgan fingerprint density at radius 2 is 1.79 bits per heavy atom. The van der Waals surface area contributed by atoms with E-state index < -0.39 is 23.2 Å². The topological polar surface area (TPSA) is 40.6 Å². The first-order valence-electron chi connectivity index (χ1n) is 5.91. The molecule has 0 radical (unpaired) electrons. The first-order valence-corrected chi connectivity index (χ1v) is 7.31. The summed E-state index contributed by atoms with van der Waals surface area (Å²) >= 11 is 0. The fraction of sp³-hybridized carbons (Fsp3) is 0.500. The number of nitrogens with zero attached hydrogens (tertiary/aromatic N) is 2. The molecule has 0 aromatic heterocycles. The Morgan fingerprint density at radius 1 is 1.21 bits per heavy atom. The number of benzene rings is 1. The van der Waals surface area contributed by atoms with Crippen LogP contribution in [0.25, 0.3) is 0 Å².